The molecule has 0 radical (unpaired) electrons. The smallest absolute Gasteiger partial charge is 0.322 e. The third kappa shape index (κ3) is 7.77. The van der Waals surface area contributed by atoms with Gasteiger partial charge in [-0.1, -0.05) is 26.7 Å². The Morgan fingerprint density at radius 1 is 0.824 bits per heavy atom. The molecule has 4 nitrogen and oxygen atoms in total. The van der Waals surface area contributed by atoms with Crippen LogP contribution in [0.2, 0.25) is 0 Å². The number of hydrogen-bond donors (Lipinski definition) is 0. The van der Waals surface area contributed by atoms with Crippen molar-refractivity contribution < 1.29 is 19.1 Å². The molecule has 0 bridgehead atoms. The Morgan fingerprint density at radius 3 is 1.29 bits per heavy atom. The SMILES string of the molecule is CCCC.CCOC(=O)C(C)(C)C(=O)OCC. The van der Waals surface area contributed by atoms with Crippen molar-refractivity contribution in [1.29, 1.82) is 0 Å². The minimum Gasteiger partial charge on any atom is -0.465 e. The number of hydrogen-bond acceptors (Lipinski definition) is 4. The van der Waals surface area contributed by atoms with Gasteiger partial charge in [0.15, 0.2) is 5.41 Å². The summed E-state index contributed by atoms with van der Waals surface area (Å²) in [5.41, 5.74) is -1.20. The summed E-state index contributed by atoms with van der Waals surface area (Å²) in [5.74, 6) is -1.10. The average molecular weight is 246 g/mol. The molecule has 0 aromatic heterocycles. The summed E-state index contributed by atoms with van der Waals surface area (Å²) in [7, 11) is 0. The molecule has 0 fully saturated rings. The highest BCUT2D eigenvalue weighted by Crippen LogP contribution is 2.19. The lowest BCUT2D eigenvalue weighted by Crippen LogP contribution is -2.36. The van der Waals surface area contributed by atoms with Gasteiger partial charge in [0, 0.05) is 0 Å². The van der Waals surface area contributed by atoms with E-state index in [-0.39, 0.29) is 13.2 Å². The largest absolute Gasteiger partial charge is 0.465 e. The average Bonchev–Trinajstić information content (AvgIpc) is 2.30. The number of ether oxygens (including phenoxy) is 2. The van der Waals surface area contributed by atoms with Crippen LogP contribution < -0.4 is 0 Å². The Morgan fingerprint density at radius 2 is 1.12 bits per heavy atom. The number of carbonyl (C=O) groups is 2. The van der Waals surface area contributed by atoms with Crippen molar-refractivity contribution in [3.8, 4) is 0 Å². The standard InChI is InChI=1S/C9H16O4.C4H10/c1-5-12-7(10)9(3,4)8(11)13-6-2;1-3-4-2/h5-6H2,1-4H3;3-4H2,1-2H3. The van der Waals surface area contributed by atoms with Gasteiger partial charge in [0.2, 0.25) is 0 Å². The Hall–Kier alpha value is -1.06. The molecule has 0 saturated heterocycles. The fourth-order valence-corrected chi connectivity index (χ4v) is 0.706. The molecule has 0 unspecified atom stereocenters. The van der Waals surface area contributed by atoms with Gasteiger partial charge >= 0.3 is 11.9 Å². The van der Waals surface area contributed by atoms with Gasteiger partial charge in [-0.2, -0.15) is 0 Å². The van der Waals surface area contributed by atoms with Crippen LogP contribution in [0.15, 0.2) is 0 Å². The minimum absolute atomic E-state index is 0.266. The van der Waals surface area contributed by atoms with E-state index >= 15 is 0 Å². The van der Waals surface area contributed by atoms with Crippen LogP contribution in [0.3, 0.4) is 0 Å². The molecule has 0 aromatic carbocycles. The van der Waals surface area contributed by atoms with Gasteiger partial charge in [0.25, 0.3) is 0 Å². The summed E-state index contributed by atoms with van der Waals surface area (Å²) in [6.45, 7) is 11.3. The van der Waals surface area contributed by atoms with E-state index in [1.807, 2.05) is 0 Å². The fraction of sp³-hybridized carbons (Fsp3) is 0.846. The van der Waals surface area contributed by atoms with Gasteiger partial charge < -0.3 is 9.47 Å². The van der Waals surface area contributed by atoms with Crippen LogP contribution in [0.25, 0.3) is 0 Å². The van der Waals surface area contributed by atoms with Crippen molar-refractivity contribution in [2.24, 2.45) is 5.41 Å². The summed E-state index contributed by atoms with van der Waals surface area (Å²) in [4.78, 5) is 22.5. The first kappa shape index (κ1) is 18.3. The molecular formula is C13H26O4. The zero-order chi connectivity index (χ0) is 13.9. The van der Waals surface area contributed by atoms with Gasteiger partial charge in [-0.25, -0.2) is 0 Å². The molecule has 0 spiro atoms. The lowest BCUT2D eigenvalue weighted by atomic mass is 9.94. The predicted molar refractivity (Wildman–Crippen MR) is 67.6 cm³/mol. The van der Waals surface area contributed by atoms with E-state index in [1.165, 1.54) is 26.7 Å². The van der Waals surface area contributed by atoms with Gasteiger partial charge in [-0.15, -0.1) is 0 Å². The molecule has 17 heavy (non-hydrogen) atoms. The zero-order valence-corrected chi connectivity index (χ0v) is 12.0. The van der Waals surface area contributed by atoms with Crippen molar-refractivity contribution in [3.05, 3.63) is 0 Å². The third-order valence-corrected chi connectivity index (χ3v) is 2.07. The summed E-state index contributed by atoms with van der Waals surface area (Å²) in [6.07, 6.45) is 2.64. The van der Waals surface area contributed by atoms with E-state index < -0.39 is 17.4 Å². The van der Waals surface area contributed by atoms with Gasteiger partial charge in [-0.05, 0) is 27.7 Å². The highest BCUT2D eigenvalue weighted by atomic mass is 16.6. The molecule has 4 heteroatoms. The monoisotopic (exact) mass is 246 g/mol. The van der Waals surface area contributed by atoms with E-state index in [1.54, 1.807) is 13.8 Å². The first-order valence-corrected chi connectivity index (χ1v) is 6.22. The topological polar surface area (TPSA) is 52.6 Å². The Bertz CT molecular complexity index is 199. The molecule has 0 atom stereocenters. The summed E-state index contributed by atoms with van der Waals surface area (Å²) in [6, 6.07) is 0. The molecule has 0 N–H and O–H groups in total. The van der Waals surface area contributed by atoms with Crippen LogP contribution in [0.5, 0.6) is 0 Å². The molecule has 0 rings (SSSR count). The molecular weight excluding hydrogens is 220 g/mol. The van der Waals surface area contributed by atoms with Gasteiger partial charge in [0.1, 0.15) is 0 Å². The van der Waals surface area contributed by atoms with E-state index in [9.17, 15) is 9.59 Å². The molecule has 0 saturated carbocycles. The Kier molecular flexibility index (Phi) is 10.9. The highest BCUT2D eigenvalue weighted by molar-refractivity contribution is 5.99. The Balaban J connectivity index is 0. The first-order valence-electron chi connectivity index (χ1n) is 6.22. The second kappa shape index (κ2) is 10.1. The van der Waals surface area contributed by atoms with Gasteiger partial charge in [0.05, 0.1) is 13.2 Å². The normalized spacial score (nSPS) is 10.0. The minimum atomic E-state index is -1.20. The van der Waals surface area contributed by atoms with Crippen molar-refractivity contribution in [2.75, 3.05) is 13.2 Å². The second-order valence-corrected chi connectivity index (χ2v) is 4.07. The van der Waals surface area contributed by atoms with Crippen LogP contribution in [-0.4, -0.2) is 25.2 Å². The van der Waals surface area contributed by atoms with Crippen molar-refractivity contribution in [2.45, 2.75) is 54.4 Å². The van der Waals surface area contributed by atoms with E-state index in [0.29, 0.717) is 0 Å². The second-order valence-electron chi connectivity index (χ2n) is 4.07. The zero-order valence-electron chi connectivity index (χ0n) is 12.0. The van der Waals surface area contributed by atoms with Crippen LogP contribution in [0, 0.1) is 5.41 Å². The van der Waals surface area contributed by atoms with E-state index in [2.05, 4.69) is 13.8 Å². The number of rotatable bonds is 5. The van der Waals surface area contributed by atoms with Crippen LogP contribution in [0.1, 0.15) is 54.4 Å². The maximum atomic E-state index is 11.3. The van der Waals surface area contributed by atoms with Crippen LogP contribution in [-0.2, 0) is 19.1 Å². The third-order valence-electron chi connectivity index (χ3n) is 2.07. The molecule has 102 valence electrons. The number of carbonyl (C=O) groups excluding carboxylic acids is 2. The Labute approximate surface area is 105 Å². The summed E-state index contributed by atoms with van der Waals surface area (Å²) in [5, 5.41) is 0. The quantitative estimate of drug-likeness (QED) is 0.553. The summed E-state index contributed by atoms with van der Waals surface area (Å²) < 4.78 is 9.47. The molecule has 0 aromatic rings. The first-order chi connectivity index (χ1) is 7.88. The van der Waals surface area contributed by atoms with E-state index in [4.69, 9.17) is 9.47 Å². The maximum absolute atomic E-state index is 11.3. The molecule has 0 aliphatic rings. The molecule has 0 heterocycles. The molecule has 0 aliphatic carbocycles. The molecule has 0 aliphatic heterocycles. The number of unbranched alkanes of at least 4 members (excludes halogenated alkanes) is 1. The molecule has 0 amide bonds. The van der Waals surface area contributed by atoms with Crippen molar-refractivity contribution >= 4 is 11.9 Å². The van der Waals surface area contributed by atoms with Gasteiger partial charge in [-0.3, -0.25) is 9.59 Å². The lowest BCUT2D eigenvalue weighted by Gasteiger charge is -2.19. The van der Waals surface area contributed by atoms with E-state index in [0.717, 1.165) is 0 Å². The predicted octanol–water partition coefficient (Wildman–Crippen LogP) is 2.95. The van der Waals surface area contributed by atoms with Crippen LogP contribution in [0.4, 0.5) is 0 Å². The number of esters is 2. The van der Waals surface area contributed by atoms with Crippen LogP contribution >= 0.6 is 0 Å². The highest BCUT2D eigenvalue weighted by Gasteiger charge is 2.38. The lowest BCUT2D eigenvalue weighted by molar-refractivity contribution is -0.169. The van der Waals surface area contributed by atoms with Crippen molar-refractivity contribution in [1.82, 2.24) is 0 Å². The summed E-state index contributed by atoms with van der Waals surface area (Å²) >= 11 is 0. The fourth-order valence-electron chi connectivity index (χ4n) is 0.706. The maximum Gasteiger partial charge on any atom is 0.322 e. The van der Waals surface area contributed by atoms with Crippen molar-refractivity contribution in [3.63, 3.8) is 0 Å².